The normalized spacial score (nSPS) is 14.3. The molecule has 0 aromatic rings. The second kappa shape index (κ2) is 6.20. The first-order valence-electron chi connectivity index (χ1n) is 5.31. The first-order valence-corrected chi connectivity index (χ1v) is 6.12. The summed E-state index contributed by atoms with van der Waals surface area (Å²) in [7, 11) is 0.829. The number of allylic oxidation sites excluding steroid dienone is 2. The van der Waals surface area contributed by atoms with E-state index in [0.717, 1.165) is 23.5 Å². The second-order valence-electron chi connectivity index (χ2n) is 4.25. The maximum atomic E-state index is 5.25. The van der Waals surface area contributed by atoms with Gasteiger partial charge >= 0.3 is 0 Å². The van der Waals surface area contributed by atoms with Crippen molar-refractivity contribution in [2.24, 2.45) is 17.3 Å². The maximum Gasteiger partial charge on any atom is 0.145 e. The van der Waals surface area contributed by atoms with Crippen LogP contribution in [0.4, 0.5) is 0 Å². The molecule has 0 aliphatic heterocycles. The monoisotopic (exact) mass is 212 g/mol. The highest BCUT2D eigenvalue weighted by Crippen LogP contribution is 2.39. The van der Waals surface area contributed by atoms with Gasteiger partial charge in [-0.2, -0.15) is 0 Å². The van der Waals surface area contributed by atoms with Gasteiger partial charge in [0, 0.05) is 12.0 Å². The van der Waals surface area contributed by atoms with E-state index in [1.165, 1.54) is 0 Å². The van der Waals surface area contributed by atoms with Gasteiger partial charge < -0.3 is 4.43 Å². The minimum atomic E-state index is 0.0556. The summed E-state index contributed by atoms with van der Waals surface area (Å²) in [5.74, 6) is 1.09. The number of rotatable bonds is 7. The lowest BCUT2D eigenvalue weighted by Crippen LogP contribution is -2.30. The van der Waals surface area contributed by atoms with Gasteiger partial charge in [0.2, 0.25) is 0 Å². The van der Waals surface area contributed by atoms with Crippen molar-refractivity contribution in [3.63, 3.8) is 0 Å². The van der Waals surface area contributed by atoms with Crippen LogP contribution in [-0.2, 0) is 4.43 Å². The molecule has 0 heterocycles. The number of hydrogen-bond acceptors (Lipinski definition) is 1. The molecule has 0 fully saturated rings. The van der Waals surface area contributed by atoms with E-state index in [1.807, 2.05) is 12.2 Å². The van der Waals surface area contributed by atoms with E-state index < -0.39 is 0 Å². The maximum absolute atomic E-state index is 5.25. The summed E-state index contributed by atoms with van der Waals surface area (Å²) in [6.07, 6.45) is 5.17. The standard InChI is InChI=1S/C12H24OSi/c1-6-12(7-2,10(3)4)11(5)8-9-13-14/h6-7,10-11H,1-2,8-9H2,3-5,14H3. The van der Waals surface area contributed by atoms with Crippen LogP contribution in [0.25, 0.3) is 0 Å². The molecule has 0 aromatic heterocycles. The lowest BCUT2D eigenvalue weighted by molar-refractivity contribution is 0.190. The predicted octanol–water partition coefficient (Wildman–Crippen LogP) is 2.32. The third kappa shape index (κ3) is 2.82. The Balaban J connectivity index is 4.62. The third-order valence-electron chi connectivity index (χ3n) is 3.32. The van der Waals surface area contributed by atoms with E-state index in [9.17, 15) is 0 Å². The van der Waals surface area contributed by atoms with Crippen LogP contribution < -0.4 is 0 Å². The minimum absolute atomic E-state index is 0.0556. The Labute approximate surface area is 91.8 Å². The zero-order chi connectivity index (χ0) is 11.2. The zero-order valence-electron chi connectivity index (χ0n) is 10.0. The molecule has 1 nitrogen and oxygen atoms in total. The molecule has 0 aliphatic rings. The Hall–Kier alpha value is -0.343. The van der Waals surface area contributed by atoms with Crippen molar-refractivity contribution in [1.29, 1.82) is 0 Å². The first kappa shape index (κ1) is 13.7. The Morgan fingerprint density at radius 2 is 1.79 bits per heavy atom. The van der Waals surface area contributed by atoms with Gasteiger partial charge in [0.25, 0.3) is 0 Å². The Morgan fingerprint density at radius 3 is 2.07 bits per heavy atom. The van der Waals surface area contributed by atoms with Crippen molar-refractivity contribution >= 4 is 10.5 Å². The highest BCUT2D eigenvalue weighted by molar-refractivity contribution is 5.97. The van der Waals surface area contributed by atoms with E-state index in [2.05, 4.69) is 33.9 Å². The third-order valence-corrected chi connectivity index (χ3v) is 3.72. The first-order chi connectivity index (χ1) is 6.55. The molecule has 0 radical (unpaired) electrons. The average Bonchev–Trinajstić information content (AvgIpc) is 2.17. The largest absolute Gasteiger partial charge is 0.428 e. The summed E-state index contributed by atoms with van der Waals surface area (Å²) in [5, 5.41) is 0. The molecule has 14 heavy (non-hydrogen) atoms. The fourth-order valence-corrected chi connectivity index (χ4v) is 2.31. The molecule has 2 heteroatoms. The van der Waals surface area contributed by atoms with Gasteiger partial charge in [-0.15, -0.1) is 13.2 Å². The van der Waals surface area contributed by atoms with Gasteiger partial charge in [0.15, 0.2) is 0 Å². The van der Waals surface area contributed by atoms with E-state index >= 15 is 0 Å². The Morgan fingerprint density at radius 1 is 1.29 bits per heavy atom. The highest BCUT2D eigenvalue weighted by atomic mass is 28.2. The Kier molecular flexibility index (Phi) is 6.05. The molecule has 82 valence electrons. The van der Waals surface area contributed by atoms with E-state index in [4.69, 9.17) is 4.43 Å². The van der Waals surface area contributed by atoms with Gasteiger partial charge in [0.05, 0.1) is 0 Å². The summed E-state index contributed by atoms with van der Waals surface area (Å²) in [6.45, 7) is 15.5. The summed E-state index contributed by atoms with van der Waals surface area (Å²) in [5.41, 5.74) is 0.0556. The molecule has 0 amide bonds. The van der Waals surface area contributed by atoms with Crippen LogP contribution in [0.2, 0.25) is 0 Å². The second-order valence-corrected chi connectivity index (χ2v) is 4.82. The molecule has 0 aliphatic carbocycles. The summed E-state index contributed by atoms with van der Waals surface area (Å²) in [6, 6.07) is 0. The van der Waals surface area contributed by atoms with Gasteiger partial charge in [0.1, 0.15) is 10.5 Å². The molecule has 0 saturated heterocycles. The highest BCUT2D eigenvalue weighted by Gasteiger charge is 2.32. The lowest BCUT2D eigenvalue weighted by atomic mass is 9.67. The van der Waals surface area contributed by atoms with Crippen molar-refractivity contribution in [3.05, 3.63) is 25.3 Å². The predicted molar refractivity (Wildman–Crippen MR) is 67.3 cm³/mol. The lowest BCUT2D eigenvalue weighted by Gasteiger charge is -2.37. The molecular weight excluding hydrogens is 188 g/mol. The fourth-order valence-electron chi connectivity index (χ4n) is 2.07. The van der Waals surface area contributed by atoms with Crippen molar-refractivity contribution in [2.45, 2.75) is 27.2 Å². The van der Waals surface area contributed by atoms with Crippen LogP contribution in [-0.4, -0.2) is 17.1 Å². The van der Waals surface area contributed by atoms with Gasteiger partial charge in [-0.25, -0.2) is 0 Å². The van der Waals surface area contributed by atoms with Crippen LogP contribution in [0.1, 0.15) is 27.2 Å². The minimum Gasteiger partial charge on any atom is -0.428 e. The molecule has 0 saturated carbocycles. The Bertz CT molecular complexity index is 179. The van der Waals surface area contributed by atoms with E-state index in [-0.39, 0.29) is 5.41 Å². The van der Waals surface area contributed by atoms with Crippen molar-refractivity contribution in [1.82, 2.24) is 0 Å². The van der Waals surface area contributed by atoms with Gasteiger partial charge in [-0.05, 0) is 18.3 Å². The summed E-state index contributed by atoms with van der Waals surface area (Å²) in [4.78, 5) is 0. The van der Waals surface area contributed by atoms with Crippen LogP contribution in [0.3, 0.4) is 0 Å². The molecule has 0 rings (SSSR count). The molecule has 0 N–H and O–H groups in total. The molecule has 0 bridgehead atoms. The fraction of sp³-hybridized carbons (Fsp3) is 0.667. The summed E-state index contributed by atoms with van der Waals surface area (Å²) >= 11 is 0. The van der Waals surface area contributed by atoms with Gasteiger partial charge in [-0.3, -0.25) is 0 Å². The smallest absolute Gasteiger partial charge is 0.145 e. The van der Waals surface area contributed by atoms with Crippen LogP contribution in [0.15, 0.2) is 25.3 Å². The molecule has 0 aromatic carbocycles. The molecular formula is C12H24OSi. The van der Waals surface area contributed by atoms with Crippen molar-refractivity contribution in [2.75, 3.05) is 6.61 Å². The quantitative estimate of drug-likeness (QED) is 0.465. The van der Waals surface area contributed by atoms with Crippen LogP contribution >= 0.6 is 0 Å². The average molecular weight is 212 g/mol. The van der Waals surface area contributed by atoms with E-state index in [1.54, 1.807) is 0 Å². The molecule has 1 unspecified atom stereocenters. The number of hydrogen-bond donors (Lipinski definition) is 0. The van der Waals surface area contributed by atoms with Crippen LogP contribution in [0, 0.1) is 17.3 Å². The van der Waals surface area contributed by atoms with Crippen molar-refractivity contribution < 1.29 is 4.43 Å². The topological polar surface area (TPSA) is 9.23 Å². The summed E-state index contributed by atoms with van der Waals surface area (Å²) < 4.78 is 5.25. The molecule has 0 spiro atoms. The van der Waals surface area contributed by atoms with Crippen molar-refractivity contribution in [3.8, 4) is 0 Å². The SMILES string of the molecule is C=CC(C=C)(C(C)C)C(C)CCO[SiH3]. The molecule has 1 atom stereocenters. The zero-order valence-corrected chi connectivity index (χ0v) is 12.0. The van der Waals surface area contributed by atoms with Crippen LogP contribution in [0.5, 0.6) is 0 Å². The van der Waals surface area contributed by atoms with E-state index in [0.29, 0.717) is 11.8 Å². The van der Waals surface area contributed by atoms with Gasteiger partial charge in [-0.1, -0.05) is 32.9 Å².